The van der Waals surface area contributed by atoms with Crippen molar-refractivity contribution in [2.24, 2.45) is 5.92 Å². The molecule has 2 amide bonds. The van der Waals surface area contributed by atoms with Gasteiger partial charge in [0.15, 0.2) is 5.82 Å². The van der Waals surface area contributed by atoms with E-state index in [4.69, 9.17) is 4.74 Å². The fraction of sp³-hybridized carbons (Fsp3) is 0.222. The second-order valence-corrected chi connectivity index (χ2v) is 7.14. The van der Waals surface area contributed by atoms with Crippen molar-refractivity contribution in [1.82, 2.24) is 15.2 Å². The molecular weight excluding hydrogens is 414 g/mol. The molecule has 2 N–H and O–H groups in total. The van der Waals surface area contributed by atoms with Crippen molar-refractivity contribution < 1.29 is 14.3 Å². The molecule has 138 valence electrons. The minimum absolute atomic E-state index is 0.126. The number of hydrogen-bond acceptors (Lipinski definition) is 5. The Morgan fingerprint density at radius 2 is 2.22 bits per heavy atom. The Labute approximate surface area is 163 Å². The zero-order valence-electron chi connectivity index (χ0n) is 14.4. The minimum atomic E-state index is -0.457. The molecule has 27 heavy (non-hydrogen) atoms. The van der Waals surface area contributed by atoms with E-state index >= 15 is 0 Å². The van der Waals surface area contributed by atoms with E-state index < -0.39 is 5.92 Å². The summed E-state index contributed by atoms with van der Waals surface area (Å²) in [4.78, 5) is 30.7. The van der Waals surface area contributed by atoms with Gasteiger partial charge in [-0.2, -0.15) is 5.10 Å². The van der Waals surface area contributed by atoms with Gasteiger partial charge in [0, 0.05) is 28.9 Å². The van der Waals surface area contributed by atoms with Crippen LogP contribution < -0.4 is 15.0 Å². The molecule has 0 unspecified atom stereocenters. The van der Waals surface area contributed by atoms with Crippen molar-refractivity contribution in [2.45, 2.75) is 6.42 Å². The summed E-state index contributed by atoms with van der Waals surface area (Å²) >= 11 is 3.41. The highest BCUT2D eigenvalue weighted by molar-refractivity contribution is 9.10. The number of anilines is 2. The van der Waals surface area contributed by atoms with Crippen LogP contribution in [0.1, 0.15) is 6.42 Å². The lowest BCUT2D eigenvalue weighted by molar-refractivity contribution is -0.122. The SMILES string of the molecule is COc1ccc(NC(=O)[C@H]2CC(=O)N(c3n[nH]c4cc(Br)ccc34)C2)cn1. The van der Waals surface area contributed by atoms with E-state index in [1.165, 1.54) is 13.3 Å². The molecule has 9 heteroatoms. The van der Waals surface area contributed by atoms with Crippen molar-refractivity contribution in [3.8, 4) is 5.88 Å². The molecule has 0 bridgehead atoms. The number of ether oxygens (including phenoxy) is 1. The number of carbonyl (C=O) groups excluding carboxylic acids is 2. The van der Waals surface area contributed by atoms with Crippen molar-refractivity contribution in [1.29, 1.82) is 0 Å². The van der Waals surface area contributed by atoms with Gasteiger partial charge in [-0.3, -0.25) is 19.6 Å². The van der Waals surface area contributed by atoms with E-state index in [0.717, 1.165) is 15.4 Å². The minimum Gasteiger partial charge on any atom is -0.481 e. The van der Waals surface area contributed by atoms with Gasteiger partial charge in [0.05, 0.1) is 30.4 Å². The number of fused-ring (bicyclic) bond motifs is 1. The predicted octanol–water partition coefficient (Wildman–Crippen LogP) is 2.72. The molecule has 3 heterocycles. The van der Waals surface area contributed by atoms with Crippen molar-refractivity contribution in [2.75, 3.05) is 23.9 Å². The maximum absolute atomic E-state index is 12.6. The molecule has 0 aliphatic carbocycles. The van der Waals surface area contributed by atoms with Crippen molar-refractivity contribution in [3.05, 3.63) is 41.0 Å². The molecule has 2 aromatic heterocycles. The molecule has 3 aromatic rings. The fourth-order valence-corrected chi connectivity index (χ4v) is 3.45. The van der Waals surface area contributed by atoms with Crippen LogP contribution in [0.2, 0.25) is 0 Å². The first kappa shape index (κ1) is 17.5. The highest BCUT2D eigenvalue weighted by Gasteiger charge is 2.36. The van der Waals surface area contributed by atoms with Crippen molar-refractivity contribution in [3.63, 3.8) is 0 Å². The first-order valence-corrected chi connectivity index (χ1v) is 9.09. The Bertz CT molecular complexity index is 1020. The Morgan fingerprint density at radius 1 is 1.37 bits per heavy atom. The standard InChI is InChI=1S/C18H16BrN5O3/c1-27-15-5-3-12(8-20-15)21-18(26)10-6-16(25)24(9-10)17-13-4-2-11(19)7-14(13)22-23-17/h2-5,7-8,10H,6,9H2,1H3,(H,21,26)(H,22,23)/t10-/m0/s1. The summed E-state index contributed by atoms with van der Waals surface area (Å²) in [5, 5.41) is 10.8. The average molecular weight is 430 g/mol. The van der Waals surface area contributed by atoms with Gasteiger partial charge in [-0.15, -0.1) is 0 Å². The van der Waals surface area contributed by atoms with Crippen LogP contribution in [0.5, 0.6) is 5.88 Å². The first-order valence-electron chi connectivity index (χ1n) is 8.30. The number of aromatic nitrogens is 3. The summed E-state index contributed by atoms with van der Waals surface area (Å²) in [5.41, 5.74) is 1.38. The Balaban J connectivity index is 1.50. The number of nitrogens with zero attached hydrogens (tertiary/aromatic N) is 3. The second kappa shape index (κ2) is 6.99. The van der Waals surface area contributed by atoms with E-state index in [-0.39, 0.29) is 24.8 Å². The first-order chi connectivity index (χ1) is 13.0. The van der Waals surface area contributed by atoms with Gasteiger partial charge in [0.1, 0.15) is 0 Å². The van der Waals surface area contributed by atoms with E-state index in [0.29, 0.717) is 17.4 Å². The van der Waals surface area contributed by atoms with Gasteiger partial charge >= 0.3 is 0 Å². The third-order valence-corrected chi connectivity index (χ3v) is 4.96. The number of aromatic amines is 1. The highest BCUT2D eigenvalue weighted by Crippen LogP contribution is 2.31. The van der Waals surface area contributed by atoms with Crippen LogP contribution in [0.25, 0.3) is 10.9 Å². The van der Waals surface area contributed by atoms with Gasteiger partial charge < -0.3 is 10.1 Å². The van der Waals surface area contributed by atoms with Crippen LogP contribution in [-0.4, -0.2) is 40.7 Å². The fourth-order valence-electron chi connectivity index (χ4n) is 3.09. The zero-order valence-corrected chi connectivity index (χ0v) is 16.0. The second-order valence-electron chi connectivity index (χ2n) is 6.22. The Hall–Kier alpha value is -2.94. The summed E-state index contributed by atoms with van der Waals surface area (Å²) in [6, 6.07) is 9.05. The van der Waals surface area contributed by atoms with Gasteiger partial charge in [-0.05, 0) is 24.3 Å². The van der Waals surface area contributed by atoms with Crippen LogP contribution in [0.4, 0.5) is 11.5 Å². The molecule has 4 rings (SSSR count). The monoisotopic (exact) mass is 429 g/mol. The largest absolute Gasteiger partial charge is 0.481 e. The van der Waals surface area contributed by atoms with Crippen LogP contribution in [0, 0.1) is 5.92 Å². The van der Waals surface area contributed by atoms with Gasteiger partial charge in [-0.25, -0.2) is 4.98 Å². The van der Waals surface area contributed by atoms with Gasteiger partial charge in [0.25, 0.3) is 0 Å². The van der Waals surface area contributed by atoms with E-state index in [9.17, 15) is 9.59 Å². The molecule has 1 aliphatic heterocycles. The topological polar surface area (TPSA) is 100 Å². The van der Waals surface area contributed by atoms with Gasteiger partial charge in [0.2, 0.25) is 17.7 Å². The molecular formula is C18H16BrN5O3. The Kier molecular flexibility index (Phi) is 4.53. The summed E-state index contributed by atoms with van der Waals surface area (Å²) in [7, 11) is 1.52. The van der Waals surface area contributed by atoms with Gasteiger partial charge in [-0.1, -0.05) is 15.9 Å². The molecule has 0 spiro atoms. The number of H-pyrrole nitrogens is 1. The van der Waals surface area contributed by atoms with Crippen LogP contribution >= 0.6 is 15.9 Å². The molecule has 0 saturated carbocycles. The number of rotatable bonds is 4. The number of carbonyl (C=O) groups is 2. The number of methoxy groups -OCH3 is 1. The smallest absolute Gasteiger partial charge is 0.229 e. The zero-order chi connectivity index (χ0) is 19.0. The Morgan fingerprint density at radius 3 is 2.96 bits per heavy atom. The lowest BCUT2D eigenvalue weighted by Crippen LogP contribution is -2.28. The highest BCUT2D eigenvalue weighted by atomic mass is 79.9. The molecule has 1 fully saturated rings. The molecule has 1 saturated heterocycles. The number of hydrogen-bond donors (Lipinski definition) is 2. The molecule has 1 aromatic carbocycles. The molecule has 1 atom stereocenters. The van der Waals surface area contributed by atoms with Crippen molar-refractivity contribution >= 4 is 50.2 Å². The third-order valence-electron chi connectivity index (χ3n) is 4.47. The summed E-state index contributed by atoms with van der Waals surface area (Å²) < 4.78 is 5.92. The third kappa shape index (κ3) is 3.37. The maximum Gasteiger partial charge on any atom is 0.229 e. The molecule has 1 aliphatic rings. The number of nitrogens with one attached hydrogen (secondary N) is 2. The molecule has 8 nitrogen and oxygen atoms in total. The summed E-state index contributed by atoms with van der Waals surface area (Å²) in [6.07, 6.45) is 1.66. The lowest BCUT2D eigenvalue weighted by Gasteiger charge is -2.14. The van der Waals surface area contributed by atoms with E-state index in [1.54, 1.807) is 17.0 Å². The quantitative estimate of drug-likeness (QED) is 0.663. The number of amides is 2. The molecule has 0 radical (unpaired) electrons. The predicted molar refractivity (Wildman–Crippen MR) is 104 cm³/mol. The summed E-state index contributed by atoms with van der Waals surface area (Å²) in [6.45, 7) is 0.282. The summed E-state index contributed by atoms with van der Waals surface area (Å²) in [5.74, 6) is 0.206. The van der Waals surface area contributed by atoms with Crippen LogP contribution in [0.3, 0.4) is 0 Å². The van der Waals surface area contributed by atoms with E-state index in [2.05, 4.69) is 36.4 Å². The maximum atomic E-state index is 12.6. The number of pyridine rings is 1. The average Bonchev–Trinajstić information content (AvgIpc) is 3.25. The van der Waals surface area contributed by atoms with E-state index in [1.807, 2.05) is 18.2 Å². The van der Waals surface area contributed by atoms with Crippen LogP contribution in [-0.2, 0) is 9.59 Å². The van der Waals surface area contributed by atoms with Crippen LogP contribution in [0.15, 0.2) is 41.0 Å². The number of benzene rings is 1. The normalized spacial score (nSPS) is 16.7. The lowest BCUT2D eigenvalue weighted by atomic mass is 10.1. The number of halogens is 1.